The van der Waals surface area contributed by atoms with Gasteiger partial charge in [0.2, 0.25) is 0 Å². The third kappa shape index (κ3) is 2.80. The third-order valence-electron chi connectivity index (χ3n) is 4.49. The van der Waals surface area contributed by atoms with Gasteiger partial charge in [-0.3, -0.25) is 0 Å². The quantitative estimate of drug-likeness (QED) is 0.919. The highest BCUT2D eigenvalue weighted by molar-refractivity contribution is 5.47. The van der Waals surface area contributed by atoms with Crippen LogP contribution < -0.4 is 5.32 Å². The summed E-state index contributed by atoms with van der Waals surface area (Å²) in [4.78, 5) is 9.71. The van der Waals surface area contributed by atoms with Crippen LogP contribution in [0.25, 0.3) is 0 Å². The van der Waals surface area contributed by atoms with Crippen LogP contribution in [0.2, 0.25) is 0 Å². The molecule has 1 fully saturated rings. The summed E-state index contributed by atoms with van der Waals surface area (Å²) in [5.41, 5.74) is 2.38. The van der Waals surface area contributed by atoms with Crippen molar-refractivity contribution >= 4 is 5.82 Å². The SMILES string of the molecule is CCNc1nc(C2CCCC(C)C2)nc2c1COCC2. The lowest BCUT2D eigenvalue weighted by Gasteiger charge is -2.27. The molecule has 4 nitrogen and oxygen atoms in total. The van der Waals surface area contributed by atoms with Crippen LogP contribution in [0.15, 0.2) is 0 Å². The molecule has 4 heteroatoms. The molecule has 0 spiro atoms. The van der Waals surface area contributed by atoms with Gasteiger partial charge in [-0.25, -0.2) is 9.97 Å². The fourth-order valence-corrected chi connectivity index (χ4v) is 3.42. The van der Waals surface area contributed by atoms with E-state index in [1.165, 1.54) is 36.9 Å². The average molecular weight is 275 g/mol. The van der Waals surface area contributed by atoms with Crippen molar-refractivity contribution < 1.29 is 4.74 Å². The second kappa shape index (κ2) is 6.08. The first-order valence-electron chi connectivity index (χ1n) is 7.99. The molecule has 0 saturated heterocycles. The van der Waals surface area contributed by atoms with E-state index in [9.17, 15) is 0 Å². The van der Waals surface area contributed by atoms with Crippen molar-refractivity contribution in [1.82, 2.24) is 9.97 Å². The molecule has 0 bridgehead atoms. The Morgan fingerprint density at radius 1 is 1.30 bits per heavy atom. The zero-order valence-corrected chi connectivity index (χ0v) is 12.6. The van der Waals surface area contributed by atoms with Crippen LogP contribution >= 0.6 is 0 Å². The van der Waals surface area contributed by atoms with Gasteiger partial charge in [0.15, 0.2) is 0 Å². The van der Waals surface area contributed by atoms with E-state index in [0.29, 0.717) is 12.5 Å². The molecule has 110 valence electrons. The molecule has 2 aliphatic rings. The Bertz CT molecular complexity index is 475. The lowest BCUT2D eigenvalue weighted by molar-refractivity contribution is 0.109. The van der Waals surface area contributed by atoms with E-state index in [1.807, 2.05) is 0 Å². The van der Waals surface area contributed by atoms with Crippen molar-refractivity contribution in [2.45, 2.75) is 58.5 Å². The Morgan fingerprint density at radius 3 is 3.00 bits per heavy atom. The minimum atomic E-state index is 0.546. The molecular weight excluding hydrogens is 250 g/mol. The van der Waals surface area contributed by atoms with Crippen LogP contribution in [-0.2, 0) is 17.8 Å². The van der Waals surface area contributed by atoms with Crippen molar-refractivity contribution in [2.75, 3.05) is 18.5 Å². The maximum absolute atomic E-state index is 5.57. The number of rotatable bonds is 3. The number of nitrogens with one attached hydrogen (secondary N) is 1. The average Bonchev–Trinajstić information content (AvgIpc) is 2.47. The molecular formula is C16H25N3O. The summed E-state index contributed by atoms with van der Waals surface area (Å²) in [7, 11) is 0. The number of hydrogen-bond acceptors (Lipinski definition) is 4. The summed E-state index contributed by atoms with van der Waals surface area (Å²) < 4.78 is 5.57. The second-order valence-electron chi connectivity index (χ2n) is 6.16. The lowest BCUT2D eigenvalue weighted by atomic mass is 9.82. The van der Waals surface area contributed by atoms with Gasteiger partial charge in [-0.05, 0) is 25.7 Å². The first kappa shape index (κ1) is 13.8. The Kier molecular flexibility index (Phi) is 4.20. The molecule has 2 unspecified atom stereocenters. The van der Waals surface area contributed by atoms with E-state index in [0.717, 1.165) is 37.1 Å². The smallest absolute Gasteiger partial charge is 0.135 e. The van der Waals surface area contributed by atoms with Crippen LogP contribution in [0.5, 0.6) is 0 Å². The molecule has 0 aromatic carbocycles. The number of aromatic nitrogens is 2. The van der Waals surface area contributed by atoms with Gasteiger partial charge in [-0.2, -0.15) is 0 Å². The third-order valence-corrected chi connectivity index (χ3v) is 4.49. The number of fused-ring (bicyclic) bond motifs is 1. The fourth-order valence-electron chi connectivity index (χ4n) is 3.42. The van der Waals surface area contributed by atoms with Gasteiger partial charge < -0.3 is 10.1 Å². The Hall–Kier alpha value is -1.16. The summed E-state index contributed by atoms with van der Waals surface area (Å²) in [6, 6.07) is 0. The van der Waals surface area contributed by atoms with E-state index in [-0.39, 0.29) is 0 Å². The van der Waals surface area contributed by atoms with Crippen LogP contribution in [0.3, 0.4) is 0 Å². The minimum Gasteiger partial charge on any atom is -0.376 e. The molecule has 1 saturated carbocycles. The number of nitrogens with zero attached hydrogens (tertiary/aromatic N) is 2. The number of hydrogen-bond donors (Lipinski definition) is 1. The highest BCUT2D eigenvalue weighted by Gasteiger charge is 2.25. The van der Waals surface area contributed by atoms with Crippen molar-refractivity contribution in [3.63, 3.8) is 0 Å². The van der Waals surface area contributed by atoms with Crippen molar-refractivity contribution in [1.29, 1.82) is 0 Å². The van der Waals surface area contributed by atoms with Gasteiger partial charge in [-0.15, -0.1) is 0 Å². The summed E-state index contributed by atoms with van der Waals surface area (Å²) >= 11 is 0. The zero-order chi connectivity index (χ0) is 13.9. The molecule has 1 aliphatic carbocycles. The lowest BCUT2D eigenvalue weighted by Crippen LogP contribution is -2.21. The van der Waals surface area contributed by atoms with Crippen LogP contribution in [0.4, 0.5) is 5.82 Å². The van der Waals surface area contributed by atoms with E-state index in [2.05, 4.69) is 19.2 Å². The maximum atomic E-state index is 5.57. The molecule has 1 N–H and O–H groups in total. The standard InChI is InChI=1S/C16H25N3O/c1-3-17-16-13-10-20-8-7-14(13)18-15(19-16)12-6-4-5-11(2)9-12/h11-12H,3-10H2,1-2H3,(H,17,18,19). The van der Waals surface area contributed by atoms with E-state index < -0.39 is 0 Å². The van der Waals surface area contributed by atoms with E-state index in [1.54, 1.807) is 0 Å². The largest absolute Gasteiger partial charge is 0.376 e. The summed E-state index contributed by atoms with van der Waals surface area (Å²) in [5.74, 6) is 3.42. The van der Waals surface area contributed by atoms with Gasteiger partial charge in [-0.1, -0.05) is 19.8 Å². The molecule has 0 amide bonds. The molecule has 2 atom stereocenters. The summed E-state index contributed by atoms with van der Waals surface area (Å²) in [6.45, 7) is 6.79. The molecule has 1 aliphatic heterocycles. The zero-order valence-electron chi connectivity index (χ0n) is 12.6. The van der Waals surface area contributed by atoms with Crippen molar-refractivity contribution in [3.05, 3.63) is 17.1 Å². The summed E-state index contributed by atoms with van der Waals surface area (Å²) in [6.07, 6.45) is 6.07. The molecule has 1 aromatic heterocycles. The van der Waals surface area contributed by atoms with Gasteiger partial charge >= 0.3 is 0 Å². The predicted molar refractivity (Wildman–Crippen MR) is 79.9 cm³/mol. The van der Waals surface area contributed by atoms with Gasteiger partial charge in [0.25, 0.3) is 0 Å². The van der Waals surface area contributed by atoms with E-state index >= 15 is 0 Å². The predicted octanol–water partition coefficient (Wildman–Crippen LogP) is 3.27. The fraction of sp³-hybridized carbons (Fsp3) is 0.750. The molecule has 0 radical (unpaired) electrons. The molecule has 20 heavy (non-hydrogen) atoms. The first-order valence-corrected chi connectivity index (χ1v) is 7.99. The van der Waals surface area contributed by atoms with Gasteiger partial charge in [0.1, 0.15) is 11.6 Å². The maximum Gasteiger partial charge on any atom is 0.135 e. The molecule has 1 aromatic rings. The second-order valence-corrected chi connectivity index (χ2v) is 6.16. The van der Waals surface area contributed by atoms with Crippen molar-refractivity contribution in [3.8, 4) is 0 Å². The van der Waals surface area contributed by atoms with Crippen LogP contribution in [-0.4, -0.2) is 23.1 Å². The molecule has 2 heterocycles. The topological polar surface area (TPSA) is 47.0 Å². The monoisotopic (exact) mass is 275 g/mol. The molecule has 3 rings (SSSR count). The van der Waals surface area contributed by atoms with Crippen molar-refractivity contribution in [2.24, 2.45) is 5.92 Å². The summed E-state index contributed by atoms with van der Waals surface area (Å²) in [5, 5.41) is 3.40. The number of ether oxygens (including phenoxy) is 1. The Morgan fingerprint density at radius 2 is 2.20 bits per heavy atom. The van der Waals surface area contributed by atoms with Crippen LogP contribution in [0.1, 0.15) is 62.5 Å². The highest BCUT2D eigenvalue weighted by Crippen LogP contribution is 2.35. The first-order chi connectivity index (χ1) is 9.78. The highest BCUT2D eigenvalue weighted by atomic mass is 16.5. The van der Waals surface area contributed by atoms with Gasteiger partial charge in [0.05, 0.1) is 18.9 Å². The van der Waals surface area contributed by atoms with E-state index in [4.69, 9.17) is 14.7 Å². The number of anilines is 1. The van der Waals surface area contributed by atoms with Crippen LogP contribution in [0, 0.1) is 5.92 Å². The van der Waals surface area contributed by atoms with Gasteiger partial charge in [0, 0.05) is 24.4 Å². The Labute approximate surface area is 121 Å². The normalized spacial score (nSPS) is 26.1. The Balaban J connectivity index is 1.92. The minimum absolute atomic E-state index is 0.546.